The third-order valence-electron chi connectivity index (χ3n) is 3.80. The Morgan fingerprint density at radius 2 is 2.19 bits per heavy atom. The minimum Gasteiger partial charge on any atom is -0.375 e. The Hall–Kier alpha value is -0.120. The molecule has 0 aromatic rings. The Bertz CT molecular complexity index is 230. The molecule has 0 aliphatic carbocycles. The van der Waals surface area contributed by atoms with Crippen molar-refractivity contribution in [1.82, 2.24) is 10.2 Å². The van der Waals surface area contributed by atoms with Crippen LogP contribution in [0.1, 0.15) is 33.6 Å². The minimum atomic E-state index is 0.0753. The number of hydrogen-bond acceptors (Lipinski definition) is 3. The van der Waals surface area contributed by atoms with Crippen molar-refractivity contribution in [1.29, 1.82) is 0 Å². The Kier molecular flexibility index (Phi) is 3.88. The summed E-state index contributed by atoms with van der Waals surface area (Å²) in [4.78, 5) is 2.68. The van der Waals surface area contributed by atoms with E-state index in [1.807, 2.05) is 0 Å². The molecule has 2 rings (SSSR count). The molecule has 2 unspecified atom stereocenters. The molecule has 0 aromatic carbocycles. The number of nitrogens with zero attached hydrogens (tertiary/aromatic N) is 1. The number of rotatable bonds is 1. The predicted octanol–water partition coefficient (Wildman–Crippen LogP) is 1.49. The standard InChI is InChI=1S/C13H26N2O/c1-11-9-14-5-6-15(10-11)12-4-7-16-13(2,3)8-12/h11-12,14H,4-10H2,1-3H3. The lowest BCUT2D eigenvalue weighted by Crippen LogP contribution is -2.47. The van der Waals surface area contributed by atoms with E-state index in [9.17, 15) is 0 Å². The average Bonchev–Trinajstić information content (AvgIpc) is 2.41. The van der Waals surface area contributed by atoms with Crippen molar-refractivity contribution in [3.8, 4) is 0 Å². The monoisotopic (exact) mass is 226 g/mol. The molecule has 0 bridgehead atoms. The van der Waals surface area contributed by atoms with Gasteiger partial charge in [0.25, 0.3) is 0 Å². The van der Waals surface area contributed by atoms with Crippen LogP contribution in [0.25, 0.3) is 0 Å². The van der Waals surface area contributed by atoms with Crippen molar-refractivity contribution in [3.63, 3.8) is 0 Å². The number of hydrogen-bond donors (Lipinski definition) is 1. The van der Waals surface area contributed by atoms with Crippen LogP contribution in [-0.4, -0.2) is 49.3 Å². The van der Waals surface area contributed by atoms with Gasteiger partial charge in [-0.3, -0.25) is 4.90 Å². The maximum atomic E-state index is 5.80. The first-order valence-electron chi connectivity index (χ1n) is 6.65. The van der Waals surface area contributed by atoms with E-state index in [1.165, 1.54) is 32.5 Å². The largest absolute Gasteiger partial charge is 0.375 e. The van der Waals surface area contributed by atoms with Crippen LogP contribution in [0.15, 0.2) is 0 Å². The molecule has 2 heterocycles. The number of ether oxygens (including phenoxy) is 1. The summed E-state index contributed by atoms with van der Waals surface area (Å²) in [6.07, 6.45) is 2.38. The zero-order valence-electron chi connectivity index (χ0n) is 11.0. The molecule has 3 heteroatoms. The van der Waals surface area contributed by atoms with Crippen molar-refractivity contribution in [2.45, 2.75) is 45.3 Å². The first-order valence-corrected chi connectivity index (χ1v) is 6.65. The van der Waals surface area contributed by atoms with Crippen LogP contribution in [0.5, 0.6) is 0 Å². The summed E-state index contributed by atoms with van der Waals surface area (Å²) in [5.74, 6) is 0.772. The molecular weight excluding hydrogens is 200 g/mol. The van der Waals surface area contributed by atoms with Gasteiger partial charge < -0.3 is 10.1 Å². The lowest BCUT2D eigenvalue weighted by molar-refractivity contribution is -0.0834. The summed E-state index contributed by atoms with van der Waals surface area (Å²) >= 11 is 0. The Labute approximate surface area is 99.5 Å². The summed E-state index contributed by atoms with van der Waals surface area (Å²) in [5.41, 5.74) is 0.0753. The molecule has 0 spiro atoms. The van der Waals surface area contributed by atoms with Crippen LogP contribution in [-0.2, 0) is 4.74 Å². The molecule has 2 fully saturated rings. The molecule has 94 valence electrons. The highest BCUT2D eigenvalue weighted by Gasteiger charge is 2.32. The molecule has 0 aromatic heterocycles. The molecule has 3 nitrogen and oxygen atoms in total. The van der Waals surface area contributed by atoms with Gasteiger partial charge in [-0.25, -0.2) is 0 Å². The molecular formula is C13H26N2O. The van der Waals surface area contributed by atoms with E-state index in [0.717, 1.165) is 25.1 Å². The first kappa shape index (κ1) is 12.3. The zero-order chi connectivity index (χ0) is 11.6. The van der Waals surface area contributed by atoms with Crippen LogP contribution in [0.4, 0.5) is 0 Å². The molecule has 16 heavy (non-hydrogen) atoms. The zero-order valence-corrected chi connectivity index (χ0v) is 11.0. The van der Waals surface area contributed by atoms with Gasteiger partial charge in [-0.1, -0.05) is 6.92 Å². The second kappa shape index (κ2) is 5.03. The van der Waals surface area contributed by atoms with Gasteiger partial charge >= 0.3 is 0 Å². The summed E-state index contributed by atoms with van der Waals surface area (Å²) in [6.45, 7) is 12.5. The minimum absolute atomic E-state index is 0.0753. The van der Waals surface area contributed by atoms with E-state index in [0.29, 0.717) is 0 Å². The van der Waals surface area contributed by atoms with E-state index in [4.69, 9.17) is 4.74 Å². The highest BCUT2D eigenvalue weighted by Crippen LogP contribution is 2.27. The van der Waals surface area contributed by atoms with Crippen LogP contribution in [0, 0.1) is 5.92 Å². The third kappa shape index (κ3) is 3.19. The fourth-order valence-corrected chi connectivity index (χ4v) is 2.97. The Morgan fingerprint density at radius 3 is 2.94 bits per heavy atom. The van der Waals surface area contributed by atoms with E-state index in [-0.39, 0.29) is 5.60 Å². The molecule has 1 N–H and O–H groups in total. The highest BCUT2D eigenvalue weighted by atomic mass is 16.5. The van der Waals surface area contributed by atoms with Gasteiger partial charge in [0.05, 0.1) is 5.60 Å². The third-order valence-corrected chi connectivity index (χ3v) is 3.80. The van der Waals surface area contributed by atoms with Crippen LogP contribution >= 0.6 is 0 Å². The SMILES string of the molecule is CC1CNCCN(C2CCOC(C)(C)C2)C1. The predicted molar refractivity (Wildman–Crippen MR) is 66.7 cm³/mol. The maximum absolute atomic E-state index is 5.80. The molecule has 0 saturated carbocycles. The van der Waals surface area contributed by atoms with E-state index in [1.54, 1.807) is 0 Å². The number of nitrogens with one attached hydrogen (secondary N) is 1. The fraction of sp³-hybridized carbons (Fsp3) is 1.00. The molecule has 2 aliphatic rings. The van der Waals surface area contributed by atoms with Gasteiger partial charge in [0, 0.05) is 32.3 Å². The average molecular weight is 226 g/mol. The molecule has 2 saturated heterocycles. The van der Waals surface area contributed by atoms with Crippen LogP contribution < -0.4 is 5.32 Å². The molecule has 0 amide bonds. The van der Waals surface area contributed by atoms with Gasteiger partial charge in [0.15, 0.2) is 0 Å². The van der Waals surface area contributed by atoms with Crippen LogP contribution in [0.2, 0.25) is 0 Å². The molecule has 2 aliphatic heterocycles. The highest BCUT2D eigenvalue weighted by molar-refractivity contribution is 4.86. The van der Waals surface area contributed by atoms with Crippen molar-refractivity contribution >= 4 is 0 Å². The smallest absolute Gasteiger partial charge is 0.0641 e. The van der Waals surface area contributed by atoms with Crippen molar-refractivity contribution in [2.24, 2.45) is 5.92 Å². The van der Waals surface area contributed by atoms with Crippen molar-refractivity contribution in [2.75, 3.05) is 32.8 Å². The second-order valence-corrected chi connectivity index (χ2v) is 6.06. The summed E-state index contributed by atoms with van der Waals surface area (Å²) in [5, 5.41) is 3.51. The molecule has 0 radical (unpaired) electrons. The van der Waals surface area contributed by atoms with E-state index < -0.39 is 0 Å². The van der Waals surface area contributed by atoms with Crippen molar-refractivity contribution < 1.29 is 4.74 Å². The van der Waals surface area contributed by atoms with Gasteiger partial charge in [-0.2, -0.15) is 0 Å². The topological polar surface area (TPSA) is 24.5 Å². The Morgan fingerprint density at radius 1 is 1.38 bits per heavy atom. The summed E-state index contributed by atoms with van der Waals surface area (Å²) in [7, 11) is 0. The Balaban J connectivity index is 1.94. The van der Waals surface area contributed by atoms with Crippen molar-refractivity contribution in [3.05, 3.63) is 0 Å². The van der Waals surface area contributed by atoms with Crippen LogP contribution in [0.3, 0.4) is 0 Å². The normalized spacial score (nSPS) is 36.9. The summed E-state index contributed by atoms with van der Waals surface area (Å²) < 4.78 is 5.80. The second-order valence-electron chi connectivity index (χ2n) is 6.06. The first-order chi connectivity index (χ1) is 7.57. The maximum Gasteiger partial charge on any atom is 0.0641 e. The van der Waals surface area contributed by atoms with Gasteiger partial charge in [-0.05, 0) is 39.2 Å². The fourth-order valence-electron chi connectivity index (χ4n) is 2.97. The van der Waals surface area contributed by atoms with E-state index >= 15 is 0 Å². The van der Waals surface area contributed by atoms with E-state index in [2.05, 4.69) is 31.0 Å². The lowest BCUT2D eigenvalue weighted by Gasteiger charge is -2.41. The van der Waals surface area contributed by atoms with Gasteiger partial charge in [0.2, 0.25) is 0 Å². The molecule has 2 atom stereocenters. The van der Waals surface area contributed by atoms with Gasteiger partial charge in [0.1, 0.15) is 0 Å². The van der Waals surface area contributed by atoms with Gasteiger partial charge in [-0.15, -0.1) is 0 Å². The quantitative estimate of drug-likeness (QED) is 0.733. The summed E-state index contributed by atoms with van der Waals surface area (Å²) in [6, 6.07) is 0.728. The lowest BCUT2D eigenvalue weighted by atomic mass is 9.92.